The van der Waals surface area contributed by atoms with E-state index in [1.807, 2.05) is 12.1 Å². The van der Waals surface area contributed by atoms with Gasteiger partial charge in [-0.2, -0.15) is 0 Å². The summed E-state index contributed by atoms with van der Waals surface area (Å²) in [6.07, 6.45) is 4.92. The van der Waals surface area contributed by atoms with Crippen molar-refractivity contribution in [1.29, 1.82) is 0 Å². The van der Waals surface area contributed by atoms with Crippen LogP contribution in [0.4, 0.5) is 0 Å². The van der Waals surface area contributed by atoms with E-state index in [1.54, 1.807) is 6.07 Å². The molecule has 1 aromatic heterocycles. The average Bonchev–Trinajstić information content (AvgIpc) is 3.15. The topological polar surface area (TPSA) is 133 Å². The summed E-state index contributed by atoms with van der Waals surface area (Å²) in [6, 6.07) is 5.68. The molecule has 0 aliphatic carbocycles. The maximum atomic E-state index is 12.4. The number of oxazole rings is 1. The van der Waals surface area contributed by atoms with Crippen LogP contribution < -0.4 is 5.32 Å². The zero-order valence-corrected chi connectivity index (χ0v) is 15.1. The number of nitrogens with zero attached hydrogens (tertiary/aromatic N) is 2. The number of benzene rings is 1. The largest absolute Gasteiger partial charge is 0.478 e. The number of rotatable bonds is 4. The monoisotopic (exact) mass is 387 g/mol. The van der Waals surface area contributed by atoms with E-state index in [4.69, 9.17) is 14.6 Å². The van der Waals surface area contributed by atoms with E-state index >= 15 is 0 Å². The first-order valence-electron chi connectivity index (χ1n) is 8.93. The van der Waals surface area contributed by atoms with E-state index in [-0.39, 0.29) is 11.9 Å². The molecule has 0 unspecified atom stereocenters. The van der Waals surface area contributed by atoms with Gasteiger partial charge >= 0.3 is 11.9 Å². The summed E-state index contributed by atoms with van der Waals surface area (Å²) in [4.78, 5) is 38.0. The molecular formula is C19H21N3O6. The molecule has 1 amide bonds. The minimum Gasteiger partial charge on any atom is -0.478 e. The zero-order valence-electron chi connectivity index (χ0n) is 15.1. The molecule has 3 aliphatic heterocycles. The second kappa shape index (κ2) is 8.66. The van der Waals surface area contributed by atoms with Crippen LogP contribution in [0.5, 0.6) is 0 Å². The van der Waals surface area contributed by atoms with Crippen LogP contribution in [0.3, 0.4) is 0 Å². The highest BCUT2D eigenvalue weighted by molar-refractivity contribution is 5.97. The number of aliphatic carboxylic acids is 2. The van der Waals surface area contributed by atoms with Crippen LogP contribution in [0.25, 0.3) is 11.1 Å². The van der Waals surface area contributed by atoms with Gasteiger partial charge in [-0.05, 0) is 50.0 Å². The summed E-state index contributed by atoms with van der Waals surface area (Å²) in [7, 11) is 0. The third-order valence-corrected chi connectivity index (χ3v) is 4.93. The molecule has 2 aromatic rings. The van der Waals surface area contributed by atoms with Crippen LogP contribution in [-0.4, -0.2) is 63.6 Å². The maximum Gasteiger partial charge on any atom is 0.328 e. The van der Waals surface area contributed by atoms with Gasteiger partial charge in [0.15, 0.2) is 12.0 Å². The molecule has 4 heterocycles. The number of carboxylic acid groups (broad SMARTS) is 2. The van der Waals surface area contributed by atoms with E-state index in [0.717, 1.165) is 12.1 Å². The van der Waals surface area contributed by atoms with Crippen molar-refractivity contribution < 1.29 is 29.0 Å². The molecule has 5 rings (SSSR count). The molecule has 1 aromatic carbocycles. The highest BCUT2D eigenvalue weighted by atomic mass is 16.4. The number of piperidine rings is 3. The highest BCUT2D eigenvalue weighted by Gasteiger charge is 2.34. The van der Waals surface area contributed by atoms with Crippen LogP contribution in [-0.2, 0) is 9.59 Å². The van der Waals surface area contributed by atoms with Crippen molar-refractivity contribution in [3.8, 4) is 0 Å². The predicted molar refractivity (Wildman–Crippen MR) is 98.8 cm³/mol. The zero-order chi connectivity index (χ0) is 20.1. The van der Waals surface area contributed by atoms with Gasteiger partial charge < -0.3 is 24.8 Å². The van der Waals surface area contributed by atoms with Gasteiger partial charge in [0.2, 0.25) is 0 Å². The molecule has 9 nitrogen and oxygen atoms in total. The molecule has 3 N–H and O–H groups in total. The second-order valence-corrected chi connectivity index (χ2v) is 6.76. The van der Waals surface area contributed by atoms with Gasteiger partial charge in [0, 0.05) is 30.3 Å². The van der Waals surface area contributed by atoms with Crippen molar-refractivity contribution in [2.75, 3.05) is 19.6 Å². The van der Waals surface area contributed by atoms with Crippen LogP contribution in [0.1, 0.15) is 23.2 Å². The number of hydrogen-bond donors (Lipinski definition) is 3. The van der Waals surface area contributed by atoms with Crippen molar-refractivity contribution in [2.45, 2.75) is 18.9 Å². The van der Waals surface area contributed by atoms with E-state index < -0.39 is 11.9 Å². The predicted octanol–water partition coefficient (Wildman–Crippen LogP) is 1.36. The summed E-state index contributed by atoms with van der Waals surface area (Å²) < 4.78 is 5.25. The Morgan fingerprint density at radius 2 is 1.82 bits per heavy atom. The number of carboxylic acids is 2. The number of amides is 1. The summed E-state index contributed by atoms with van der Waals surface area (Å²) >= 11 is 0. The van der Waals surface area contributed by atoms with E-state index in [0.29, 0.717) is 29.2 Å². The number of carbonyl (C=O) groups excluding carboxylic acids is 1. The number of nitrogens with one attached hydrogen (secondary N) is 1. The van der Waals surface area contributed by atoms with Crippen molar-refractivity contribution in [3.63, 3.8) is 0 Å². The summed E-state index contributed by atoms with van der Waals surface area (Å²) in [6.45, 7) is 3.35. The Morgan fingerprint density at radius 1 is 1.14 bits per heavy atom. The molecule has 3 aliphatic rings. The molecule has 0 radical (unpaired) electrons. The molecule has 0 saturated carbocycles. The van der Waals surface area contributed by atoms with Crippen LogP contribution in [0, 0.1) is 5.92 Å². The van der Waals surface area contributed by atoms with Gasteiger partial charge in [0.1, 0.15) is 5.52 Å². The minimum atomic E-state index is -1.26. The van der Waals surface area contributed by atoms with E-state index in [2.05, 4.69) is 15.2 Å². The summed E-state index contributed by atoms with van der Waals surface area (Å²) in [5, 5.41) is 18.8. The molecule has 3 saturated heterocycles. The fraction of sp³-hybridized carbons (Fsp3) is 0.368. The standard InChI is InChI=1S/C15H17N3O2.C4H4O4/c19-15(11-1-2-12-14(7-11)20-9-16-12)17-13-8-18-5-3-10(13)4-6-18;5-3(6)1-2-4(7)8/h1-2,7,9-10,13H,3-6,8H2,(H,17,19);1-2H,(H,5,6)(H,7,8)/t13-;/m0./s1. The molecule has 3 fully saturated rings. The Balaban J connectivity index is 0.000000242. The van der Waals surface area contributed by atoms with Crippen LogP contribution in [0.2, 0.25) is 0 Å². The smallest absolute Gasteiger partial charge is 0.328 e. The third-order valence-electron chi connectivity index (χ3n) is 4.93. The van der Waals surface area contributed by atoms with Crippen molar-refractivity contribution in [2.24, 2.45) is 5.92 Å². The molecule has 0 spiro atoms. The number of fused-ring (bicyclic) bond motifs is 4. The Hall–Kier alpha value is -3.20. The first-order valence-corrected chi connectivity index (χ1v) is 8.93. The molecule has 28 heavy (non-hydrogen) atoms. The molecule has 148 valence electrons. The van der Waals surface area contributed by atoms with Gasteiger partial charge in [-0.3, -0.25) is 4.79 Å². The van der Waals surface area contributed by atoms with E-state index in [9.17, 15) is 14.4 Å². The molecular weight excluding hydrogens is 366 g/mol. The molecule has 9 heteroatoms. The Bertz CT molecular complexity index is 882. The lowest BCUT2D eigenvalue weighted by atomic mass is 9.84. The van der Waals surface area contributed by atoms with Crippen molar-refractivity contribution in [3.05, 3.63) is 42.3 Å². The fourth-order valence-electron chi connectivity index (χ4n) is 3.52. The third kappa shape index (κ3) is 4.95. The van der Waals surface area contributed by atoms with Gasteiger partial charge in [0.05, 0.1) is 0 Å². The Morgan fingerprint density at radius 3 is 2.39 bits per heavy atom. The fourth-order valence-corrected chi connectivity index (χ4v) is 3.52. The molecule has 1 atom stereocenters. The Kier molecular flexibility index (Phi) is 6.05. The number of aromatic nitrogens is 1. The Labute approximate surface area is 160 Å². The minimum absolute atomic E-state index is 0.0120. The maximum absolute atomic E-state index is 12.4. The van der Waals surface area contributed by atoms with Gasteiger partial charge in [-0.1, -0.05) is 0 Å². The van der Waals surface area contributed by atoms with Crippen molar-refractivity contribution in [1.82, 2.24) is 15.2 Å². The SMILES string of the molecule is O=C(N[C@H]1CN2CCC1CC2)c1ccc2ncoc2c1.O=C(O)C=CC(=O)O. The van der Waals surface area contributed by atoms with Crippen molar-refractivity contribution >= 4 is 28.9 Å². The average molecular weight is 387 g/mol. The van der Waals surface area contributed by atoms with Gasteiger partial charge in [-0.15, -0.1) is 0 Å². The lowest BCUT2D eigenvalue weighted by Gasteiger charge is -2.44. The quantitative estimate of drug-likeness (QED) is 0.670. The first-order chi connectivity index (χ1) is 13.4. The normalized spacial score (nSPS) is 23.2. The second-order valence-electron chi connectivity index (χ2n) is 6.76. The van der Waals surface area contributed by atoms with E-state index in [1.165, 1.54) is 32.3 Å². The highest BCUT2D eigenvalue weighted by Crippen LogP contribution is 2.27. The first kappa shape index (κ1) is 19.6. The number of hydrogen-bond acceptors (Lipinski definition) is 6. The van der Waals surface area contributed by atoms with Gasteiger partial charge in [-0.25, -0.2) is 14.6 Å². The summed E-state index contributed by atoms with van der Waals surface area (Å²) in [5.41, 5.74) is 2.08. The lowest BCUT2D eigenvalue weighted by molar-refractivity contribution is -0.134. The molecule has 2 bridgehead atoms. The van der Waals surface area contributed by atoms with Crippen LogP contribution in [0.15, 0.2) is 41.2 Å². The number of carbonyl (C=O) groups is 3. The van der Waals surface area contributed by atoms with Crippen LogP contribution >= 0.6 is 0 Å². The lowest BCUT2D eigenvalue weighted by Crippen LogP contribution is -2.57. The summed E-state index contributed by atoms with van der Waals surface area (Å²) in [5.74, 6) is -1.89. The van der Waals surface area contributed by atoms with Gasteiger partial charge in [0.25, 0.3) is 5.91 Å².